The smallest absolute Gasteiger partial charge is 0.251 e. The van der Waals surface area contributed by atoms with E-state index in [1.807, 2.05) is 30.3 Å². The van der Waals surface area contributed by atoms with Gasteiger partial charge in [0.25, 0.3) is 11.8 Å². The van der Waals surface area contributed by atoms with Crippen molar-refractivity contribution < 1.29 is 9.59 Å². The summed E-state index contributed by atoms with van der Waals surface area (Å²) in [5.41, 5.74) is 2.99. The molecule has 2 N–H and O–H groups in total. The fourth-order valence-corrected chi connectivity index (χ4v) is 2.90. The molecule has 0 fully saturated rings. The molecule has 0 saturated carbocycles. The van der Waals surface area contributed by atoms with Gasteiger partial charge in [-0.3, -0.25) is 9.59 Å². The lowest BCUT2D eigenvalue weighted by Crippen LogP contribution is -2.33. The van der Waals surface area contributed by atoms with Gasteiger partial charge in [0.15, 0.2) is 0 Å². The molecule has 27 heavy (non-hydrogen) atoms. The van der Waals surface area contributed by atoms with Gasteiger partial charge in [-0.1, -0.05) is 37.3 Å². The molecule has 144 valence electrons. The zero-order valence-electron chi connectivity index (χ0n) is 16.6. The van der Waals surface area contributed by atoms with Crippen LogP contribution in [-0.2, 0) is 0 Å². The molecule has 2 aromatic rings. The SMILES string of the molecule is CCN(C)[C@H](C)CCNC(=O)c1ccc(-c2ccccc2C(=O)NC)cc1. The van der Waals surface area contributed by atoms with E-state index in [0.29, 0.717) is 23.7 Å². The van der Waals surface area contributed by atoms with Crippen LogP contribution >= 0.6 is 0 Å². The molecule has 0 aliphatic carbocycles. The summed E-state index contributed by atoms with van der Waals surface area (Å²) in [7, 11) is 3.70. The number of benzene rings is 2. The van der Waals surface area contributed by atoms with Crippen LogP contribution in [0.2, 0.25) is 0 Å². The maximum absolute atomic E-state index is 12.3. The van der Waals surface area contributed by atoms with Crippen molar-refractivity contribution in [2.24, 2.45) is 0 Å². The average molecular weight is 367 g/mol. The predicted octanol–water partition coefficient (Wildman–Crippen LogP) is 3.17. The quantitative estimate of drug-likeness (QED) is 0.753. The highest BCUT2D eigenvalue weighted by Gasteiger charge is 2.12. The highest BCUT2D eigenvalue weighted by atomic mass is 16.2. The van der Waals surface area contributed by atoms with E-state index < -0.39 is 0 Å². The molecular weight excluding hydrogens is 338 g/mol. The van der Waals surface area contributed by atoms with Crippen molar-refractivity contribution in [2.75, 3.05) is 27.2 Å². The van der Waals surface area contributed by atoms with E-state index in [-0.39, 0.29) is 11.8 Å². The van der Waals surface area contributed by atoms with Gasteiger partial charge in [0.1, 0.15) is 0 Å². The number of amides is 2. The van der Waals surface area contributed by atoms with Crippen LogP contribution in [0.1, 0.15) is 41.0 Å². The zero-order valence-corrected chi connectivity index (χ0v) is 16.6. The van der Waals surface area contributed by atoms with Crippen molar-refractivity contribution in [3.8, 4) is 11.1 Å². The molecule has 0 saturated heterocycles. The molecule has 1 atom stereocenters. The van der Waals surface area contributed by atoms with Gasteiger partial charge >= 0.3 is 0 Å². The maximum Gasteiger partial charge on any atom is 0.251 e. The normalized spacial score (nSPS) is 11.9. The first kappa shape index (κ1) is 20.6. The van der Waals surface area contributed by atoms with Gasteiger partial charge in [0, 0.05) is 30.8 Å². The largest absolute Gasteiger partial charge is 0.355 e. The molecule has 5 heteroatoms. The van der Waals surface area contributed by atoms with Gasteiger partial charge in [-0.15, -0.1) is 0 Å². The summed E-state index contributed by atoms with van der Waals surface area (Å²) in [5, 5.41) is 5.64. The number of nitrogens with one attached hydrogen (secondary N) is 2. The van der Waals surface area contributed by atoms with Crippen LogP contribution in [0.3, 0.4) is 0 Å². The van der Waals surface area contributed by atoms with Gasteiger partial charge in [0.2, 0.25) is 0 Å². The number of rotatable bonds is 8. The van der Waals surface area contributed by atoms with Crippen LogP contribution in [0, 0.1) is 0 Å². The van der Waals surface area contributed by atoms with Crippen molar-refractivity contribution in [3.63, 3.8) is 0 Å². The number of nitrogens with zero attached hydrogens (tertiary/aromatic N) is 1. The van der Waals surface area contributed by atoms with Crippen molar-refractivity contribution in [1.82, 2.24) is 15.5 Å². The van der Waals surface area contributed by atoms with Crippen molar-refractivity contribution in [1.29, 1.82) is 0 Å². The number of hydrogen-bond donors (Lipinski definition) is 2. The van der Waals surface area contributed by atoms with E-state index in [9.17, 15) is 9.59 Å². The minimum atomic E-state index is -0.126. The summed E-state index contributed by atoms with van der Waals surface area (Å²) >= 11 is 0. The highest BCUT2D eigenvalue weighted by Crippen LogP contribution is 2.24. The second kappa shape index (κ2) is 9.88. The molecule has 0 bridgehead atoms. The molecule has 0 aromatic heterocycles. The van der Waals surface area contributed by atoms with E-state index in [1.54, 1.807) is 25.2 Å². The third-order valence-corrected chi connectivity index (χ3v) is 4.96. The Labute approximate surface area is 161 Å². The number of carbonyl (C=O) groups excluding carboxylic acids is 2. The lowest BCUT2D eigenvalue weighted by Gasteiger charge is -2.22. The van der Waals surface area contributed by atoms with Crippen LogP contribution < -0.4 is 10.6 Å². The Hall–Kier alpha value is -2.66. The minimum Gasteiger partial charge on any atom is -0.355 e. The maximum atomic E-state index is 12.3. The molecule has 0 aliphatic heterocycles. The molecule has 0 radical (unpaired) electrons. The second-order valence-corrected chi connectivity index (χ2v) is 6.67. The standard InChI is InChI=1S/C22H29N3O2/c1-5-25(4)16(2)14-15-24-21(26)18-12-10-17(11-13-18)19-8-6-7-9-20(19)22(27)23-3/h6-13,16H,5,14-15H2,1-4H3,(H,23,27)(H,24,26)/t16-/m1/s1. The van der Waals surface area contributed by atoms with E-state index in [1.165, 1.54) is 0 Å². The van der Waals surface area contributed by atoms with E-state index >= 15 is 0 Å². The second-order valence-electron chi connectivity index (χ2n) is 6.67. The highest BCUT2D eigenvalue weighted by molar-refractivity contribution is 6.01. The van der Waals surface area contributed by atoms with Crippen LogP contribution in [0.4, 0.5) is 0 Å². The van der Waals surface area contributed by atoms with Gasteiger partial charge < -0.3 is 15.5 Å². The summed E-state index contributed by atoms with van der Waals surface area (Å²) in [6.45, 7) is 5.92. The summed E-state index contributed by atoms with van der Waals surface area (Å²) < 4.78 is 0. The Bertz CT molecular complexity index is 771. The van der Waals surface area contributed by atoms with E-state index in [2.05, 4.69) is 36.4 Å². The fourth-order valence-electron chi connectivity index (χ4n) is 2.90. The monoisotopic (exact) mass is 367 g/mol. The molecule has 0 spiro atoms. The molecule has 0 unspecified atom stereocenters. The van der Waals surface area contributed by atoms with Gasteiger partial charge in [-0.25, -0.2) is 0 Å². The van der Waals surface area contributed by atoms with Crippen LogP contribution in [0.25, 0.3) is 11.1 Å². The van der Waals surface area contributed by atoms with Crippen molar-refractivity contribution in [3.05, 3.63) is 59.7 Å². The average Bonchev–Trinajstić information content (AvgIpc) is 2.72. The Morgan fingerprint density at radius 2 is 1.70 bits per heavy atom. The van der Waals surface area contributed by atoms with Crippen molar-refractivity contribution >= 4 is 11.8 Å². The molecule has 0 aliphatic rings. The minimum absolute atomic E-state index is 0.0764. The summed E-state index contributed by atoms with van der Waals surface area (Å²) in [6, 6.07) is 15.2. The molecule has 2 aromatic carbocycles. The number of hydrogen-bond acceptors (Lipinski definition) is 3. The lowest BCUT2D eigenvalue weighted by atomic mass is 9.98. The van der Waals surface area contributed by atoms with Crippen molar-refractivity contribution in [2.45, 2.75) is 26.3 Å². The first-order chi connectivity index (χ1) is 13.0. The van der Waals surface area contributed by atoms with Crippen LogP contribution in [0.5, 0.6) is 0 Å². The number of carbonyl (C=O) groups is 2. The molecule has 2 amide bonds. The van der Waals surface area contributed by atoms with Gasteiger partial charge in [0.05, 0.1) is 0 Å². The summed E-state index contributed by atoms with van der Waals surface area (Å²) in [6.07, 6.45) is 0.910. The molecular formula is C22H29N3O2. The third kappa shape index (κ3) is 5.41. The third-order valence-electron chi connectivity index (χ3n) is 4.96. The Kier molecular flexibility index (Phi) is 7.55. The Balaban J connectivity index is 2.03. The predicted molar refractivity (Wildman–Crippen MR) is 110 cm³/mol. The van der Waals surface area contributed by atoms with Gasteiger partial charge in [-0.05, 0) is 56.3 Å². The summed E-state index contributed by atoms with van der Waals surface area (Å²) in [4.78, 5) is 26.6. The molecule has 2 rings (SSSR count). The lowest BCUT2D eigenvalue weighted by molar-refractivity contribution is 0.0945. The zero-order chi connectivity index (χ0) is 19.8. The fraction of sp³-hybridized carbons (Fsp3) is 0.364. The van der Waals surface area contributed by atoms with Gasteiger partial charge in [-0.2, -0.15) is 0 Å². The van der Waals surface area contributed by atoms with E-state index in [4.69, 9.17) is 0 Å². The van der Waals surface area contributed by atoms with Crippen LogP contribution in [-0.4, -0.2) is 49.9 Å². The Morgan fingerprint density at radius 3 is 2.33 bits per heavy atom. The van der Waals surface area contributed by atoms with Crippen LogP contribution in [0.15, 0.2) is 48.5 Å². The summed E-state index contributed by atoms with van der Waals surface area (Å²) in [5.74, 6) is -0.203. The topological polar surface area (TPSA) is 61.4 Å². The Morgan fingerprint density at radius 1 is 1.04 bits per heavy atom. The molecule has 5 nitrogen and oxygen atoms in total. The first-order valence-corrected chi connectivity index (χ1v) is 9.37. The first-order valence-electron chi connectivity index (χ1n) is 9.37. The van der Waals surface area contributed by atoms with E-state index in [0.717, 1.165) is 24.1 Å². The molecule has 0 heterocycles.